The highest BCUT2D eigenvalue weighted by Crippen LogP contribution is 2.10. The van der Waals surface area contributed by atoms with Crippen LogP contribution in [0.5, 0.6) is 0 Å². The molecule has 0 aromatic heterocycles. The van der Waals surface area contributed by atoms with Gasteiger partial charge in [0.15, 0.2) is 5.96 Å². The molecule has 0 fully saturated rings. The molecule has 0 aliphatic heterocycles. The summed E-state index contributed by atoms with van der Waals surface area (Å²) in [5.74, 6) is 0.817. The summed E-state index contributed by atoms with van der Waals surface area (Å²) in [6, 6.07) is 6.57. The minimum Gasteiger partial charge on any atom is -0.357 e. The summed E-state index contributed by atoms with van der Waals surface area (Å²) < 4.78 is 22.7. The Labute approximate surface area is 156 Å². The largest absolute Gasteiger partial charge is 0.357 e. The number of guanidine groups is 1. The molecule has 3 N–H and O–H groups in total. The molecule has 0 bridgehead atoms. The number of rotatable bonds is 7. The Morgan fingerprint density at radius 2 is 2.04 bits per heavy atom. The van der Waals surface area contributed by atoms with Gasteiger partial charge in [-0.1, -0.05) is 25.5 Å². The van der Waals surface area contributed by atoms with Crippen LogP contribution in [0.1, 0.15) is 32.3 Å². The van der Waals surface area contributed by atoms with Crippen molar-refractivity contribution in [2.45, 2.75) is 38.1 Å². The molecule has 0 aliphatic rings. The van der Waals surface area contributed by atoms with E-state index in [0.29, 0.717) is 6.54 Å². The van der Waals surface area contributed by atoms with Gasteiger partial charge in [-0.3, -0.25) is 0 Å². The fourth-order valence-electron chi connectivity index (χ4n) is 1.96. The topological polar surface area (TPSA) is 87.8 Å². The molecule has 1 rings (SSSR count). The maximum atomic E-state index is 11.4. The zero-order valence-electron chi connectivity index (χ0n) is 13.9. The van der Waals surface area contributed by atoms with Crippen molar-refractivity contribution >= 4 is 40.0 Å². The molecule has 1 aromatic rings. The predicted molar refractivity (Wildman–Crippen MR) is 106 cm³/mol. The molecular formula is C15H27IN4O2S. The molecule has 132 valence electrons. The monoisotopic (exact) mass is 454 g/mol. The van der Waals surface area contributed by atoms with Crippen LogP contribution < -0.4 is 10.5 Å². The van der Waals surface area contributed by atoms with Crippen molar-refractivity contribution in [2.75, 3.05) is 20.1 Å². The molecule has 0 aliphatic carbocycles. The zero-order chi connectivity index (χ0) is 16.6. The lowest BCUT2D eigenvalue weighted by Crippen LogP contribution is -2.39. The van der Waals surface area contributed by atoms with E-state index in [1.54, 1.807) is 12.1 Å². The third-order valence-electron chi connectivity index (χ3n) is 3.18. The molecular weight excluding hydrogens is 427 g/mol. The second-order valence-electron chi connectivity index (χ2n) is 5.14. The molecule has 0 heterocycles. The first kappa shape index (κ1) is 22.1. The third-order valence-corrected chi connectivity index (χ3v) is 4.09. The molecule has 0 atom stereocenters. The number of benzene rings is 1. The number of nitrogens with zero attached hydrogens (tertiary/aromatic N) is 2. The van der Waals surface area contributed by atoms with Crippen molar-refractivity contribution in [1.82, 2.24) is 10.2 Å². The van der Waals surface area contributed by atoms with Crippen molar-refractivity contribution in [3.63, 3.8) is 0 Å². The van der Waals surface area contributed by atoms with Crippen LogP contribution in [0.15, 0.2) is 34.2 Å². The lowest BCUT2D eigenvalue weighted by molar-refractivity contribution is 0.465. The number of unbranched alkanes of at least 4 members (excludes halogenated alkanes) is 1. The minimum absolute atomic E-state index is 0. The number of nitrogens with two attached hydrogens (primary N) is 1. The summed E-state index contributed by atoms with van der Waals surface area (Å²) in [6.45, 7) is 6.29. The van der Waals surface area contributed by atoms with E-state index in [1.165, 1.54) is 6.07 Å². The van der Waals surface area contributed by atoms with Gasteiger partial charge in [0.2, 0.25) is 10.0 Å². The van der Waals surface area contributed by atoms with Gasteiger partial charge in [-0.05, 0) is 31.0 Å². The molecule has 0 saturated heterocycles. The molecule has 8 heteroatoms. The molecule has 0 saturated carbocycles. The van der Waals surface area contributed by atoms with E-state index in [0.717, 1.165) is 37.5 Å². The highest BCUT2D eigenvalue weighted by molar-refractivity contribution is 14.0. The van der Waals surface area contributed by atoms with Crippen LogP contribution in [0.3, 0.4) is 0 Å². The summed E-state index contributed by atoms with van der Waals surface area (Å²) in [5, 5.41) is 8.39. The van der Waals surface area contributed by atoms with Crippen molar-refractivity contribution in [2.24, 2.45) is 10.1 Å². The van der Waals surface area contributed by atoms with E-state index in [-0.39, 0.29) is 28.9 Å². The van der Waals surface area contributed by atoms with E-state index in [4.69, 9.17) is 5.14 Å². The van der Waals surface area contributed by atoms with Gasteiger partial charge < -0.3 is 10.2 Å². The van der Waals surface area contributed by atoms with Gasteiger partial charge in [0.1, 0.15) is 0 Å². The lowest BCUT2D eigenvalue weighted by atomic mass is 10.2. The first-order chi connectivity index (χ1) is 10.4. The normalized spacial score (nSPS) is 11.7. The van der Waals surface area contributed by atoms with Gasteiger partial charge in [-0.2, -0.15) is 0 Å². The SMILES string of the molecule is CCCCN(C)C(=NCc1cccc(S(N)(=O)=O)c1)NCC.I. The first-order valence-electron chi connectivity index (χ1n) is 7.49. The van der Waals surface area contributed by atoms with E-state index in [9.17, 15) is 8.42 Å². The summed E-state index contributed by atoms with van der Waals surface area (Å²) in [6.07, 6.45) is 2.22. The summed E-state index contributed by atoms with van der Waals surface area (Å²) in [7, 11) is -1.68. The van der Waals surface area contributed by atoms with Crippen LogP contribution in [0.2, 0.25) is 0 Å². The number of sulfonamides is 1. The number of nitrogens with one attached hydrogen (secondary N) is 1. The van der Waals surface area contributed by atoms with Gasteiger partial charge in [0.25, 0.3) is 0 Å². The standard InChI is InChI=1S/C15H26N4O2S.HI/c1-4-6-10-19(3)15(17-5-2)18-12-13-8-7-9-14(11-13)22(16,20)21;/h7-9,11H,4-6,10,12H2,1-3H3,(H,17,18)(H2,16,20,21);1H. The Morgan fingerprint density at radius 3 is 2.61 bits per heavy atom. The number of hydrogen-bond acceptors (Lipinski definition) is 3. The molecule has 0 radical (unpaired) electrons. The van der Waals surface area contributed by atoms with E-state index in [1.807, 2.05) is 20.0 Å². The van der Waals surface area contributed by atoms with E-state index in [2.05, 4.69) is 22.1 Å². The predicted octanol–water partition coefficient (Wildman–Crippen LogP) is 2.15. The molecule has 23 heavy (non-hydrogen) atoms. The Bertz CT molecular complexity index is 605. The zero-order valence-corrected chi connectivity index (χ0v) is 17.1. The Balaban J connectivity index is 0.00000484. The average molecular weight is 454 g/mol. The number of hydrogen-bond donors (Lipinski definition) is 2. The number of primary sulfonamides is 1. The highest BCUT2D eigenvalue weighted by Gasteiger charge is 2.08. The van der Waals surface area contributed by atoms with Gasteiger partial charge in [-0.15, -0.1) is 24.0 Å². The maximum Gasteiger partial charge on any atom is 0.238 e. The Kier molecular flexibility index (Phi) is 10.4. The van der Waals surface area contributed by atoms with Crippen LogP contribution >= 0.6 is 24.0 Å². The van der Waals surface area contributed by atoms with E-state index >= 15 is 0 Å². The first-order valence-corrected chi connectivity index (χ1v) is 9.04. The molecule has 0 spiro atoms. The van der Waals surface area contributed by atoms with Gasteiger partial charge in [0.05, 0.1) is 11.4 Å². The van der Waals surface area contributed by atoms with Crippen molar-refractivity contribution in [3.05, 3.63) is 29.8 Å². The van der Waals surface area contributed by atoms with Crippen LogP contribution in [-0.4, -0.2) is 39.4 Å². The second kappa shape index (κ2) is 10.8. The Morgan fingerprint density at radius 1 is 1.35 bits per heavy atom. The quantitative estimate of drug-likeness (QED) is 0.376. The van der Waals surface area contributed by atoms with Crippen molar-refractivity contribution < 1.29 is 8.42 Å². The highest BCUT2D eigenvalue weighted by atomic mass is 127. The number of aliphatic imine (C=N–C) groups is 1. The summed E-state index contributed by atoms with van der Waals surface area (Å²) in [5.41, 5.74) is 0.811. The van der Waals surface area contributed by atoms with Gasteiger partial charge in [0, 0.05) is 20.1 Å². The fourth-order valence-corrected chi connectivity index (χ4v) is 2.54. The Hall–Kier alpha value is -0.870. The summed E-state index contributed by atoms with van der Waals surface area (Å²) in [4.78, 5) is 6.75. The van der Waals surface area contributed by atoms with Crippen LogP contribution in [0.4, 0.5) is 0 Å². The summed E-state index contributed by atoms with van der Waals surface area (Å²) >= 11 is 0. The smallest absolute Gasteiger partial charge is 0.238 e. The van der Waals surface area contributed by atoms with Crippen LogP contribution in [0, 0.1) is 0 Å². The molecule has 0 unspecified atom stereocenters. The van der Waals surface area contributed by atoms with Crippen LogP contribution in [-0.2, 0) is 16.6 Å². The fraction of sp³-hybridized carbons (Fsp3) is 0.533. The van der Waals surface area contributed by atoms with Crippen molar-refractivity contribution in [1.29, 1.82) is 0 Å². The van der Waals surface area contributed by atoms with Crippen molar-refractivity contribution in [3.8, 4) is 0 Å². The van der Waals surface area contributed by atoms with E-state index < -0.39 is 10.0 Å². The van der Waals surface area contributed by atoms with Gasteiger partial charge in [-0.25, -0.2) is 18.5 Å². The van der Waals surface area contributed by atoms with Gasteiger partial charge >= 0.3 is 0 Å². The number of halogens is 1. The second-order valence-corrected chi connectivity index (χ2v) is 6.70. The third kappa shape index (κ3) is 7.98. The lowest BCUT2D eigenvalue weighted by Gasteiger charge is -2.21. The molecule has 6 nitrogen and oxygen atoms in total. The maximum absolute atomic E-state index is 11.4. The average Bonchev–Trinajstić information content (AvgIpc) is 2.48. The minimum atomic E-state index is -3.68. The molecule has 1 aromatic carbocycles. The van der Waals surface area contributed by atoms with Crippen LogP contribution in [0.25, 0.3) is 0 Å². The molecule has 0 amide bonds.